The highest BCUT2D eigenvalue weighted by atomic mass is 16.4. The van der Waals surface area contributed by atoms with Gasteiger partial charge in [-0.1, -0.05) is 19.4 Å². The third-order valence-electron chi connectivity index (χ3n) is 2.79. The zero-order valence-corrected chi connectivity index (χ0v) is 10.8. The van der Waals surface area contributed by atoms with E-state index in [0.717, 1.165) is 25.1 Å². The molecule has 2 aromatic rings. The second-order valence-electron chi connectivity index (χ2n) is 4.23. The van der Waals surface area contributed by atoms with Crippen molar-refractivity contribution < 1.29 is 14.5 Å². The molecule has 2 aromatic heterocycles. The maximum Gasteiger partial charge on any atom is 0.348 e. The molecule has 0 unspecified atom stereocenters. The van der Waals surface area contributed by atoms with E-state index in [4.69, 9.17) is 5.11 Å². The molecule has 5 heteroatoms. The van der Waals surface area contributed by atoms with E-state index in [-0.39, 0.29) is 5.56 Å². The number of rotatable bonds is 5. The Morgan fingerprint density at radius 2 is 2.21 bits per heavy atom. The van der Waals surface area contributed by atoms with Gasteiger partial charge in [0.25, 0.3) is 0 Å². The fraction of sp³-hybridized carbons (Fsp3) is 0.286. The topological polar surface area (TPSA) is 67.0 Å². The smallest absolute Gasteiger partial charge is 0.348 e. The SMILES string of the molecule is CCCC[n+]1cc(C(=O)O)cnc1-c1ccccn1. The molecule has 0 aliphatic rings. The Balaban J connectivity index is 2.44. The number of carbonyl (C=O) groups is 1. The molecule has 0 aliphatic carbocycles. The van der Waals surface area contributed by atoms with Crippen LogP contribution >= 0.6 is 0 Å². The first-order valence-corrected chi connectivity index (χ1v) is 6.26. The number of hydrogen-bond acceptors (Lipinski definition) is 3. The summed E-state index contributed by atoms with van der Waals surface area (Å²) in [7, 11) is 0. The lowest BCUT2D eigenvalue weighted by Crippen LogP contribution is -2.38. The summed E-state index contributed by atoms with van der Waals surface area (Å²) < 4.78 is 1.86. The molecule has 0 saturated heterocycles. The maximum atomic E-state index is 11.0. The Labute approximate surface area is 111 Å². The molecule has 5 nitrogen and oxygen atoms in total. The zero-order chi connectivity index (χ0) is 13.7. The minimum absolute atomic E-state index is 0.191. The van der Waals surface area contributed by atoms with E-state index in [1.165, 1.54) is 6.20 Å². The van der Waals surface area contributed by atoms with Gasteiger partial charge in [-0.25, -0.2) is 14.3 Å². The third-order valence-corrected chi connectivity index (χ3v) is 2.79. The van der Waals surface area contributed by atoms with Crippen LogP contribution in [0.3, 0.4) is 0 Å². The van der Waals surface area contributed by atoms with E-state index in [1.54, 1.807) is 12.4 Å². The summed E-state index contributed by atoms with van der Waals surface area (Å²) in [5, 5.41) is 9.03. The molecular formula is C14H16N3O2+. The van der Waals surface area contributed by atoms with Crippen molar-refractivity contribution in [3.63, 3.8) is 0 Å². The Bertz CT molecular complexity index is 570. The number of nitrogens with zero attached hydrogens (tertiary/aromatic N) is 3. The second kappa shape index (κ2) is 6.04. The van der Waals surface area contributed by atoms with Crippen LogP contribution in [0.5, 0.6) is 0 Å². The van der Waals surface area contributed by atoms with Crippen molar-refractivity contribution in [3.05, 3.63) is 42.4 Å². The normalized spacial score (nSPS) is 10.4. The maximum absolute atomic E-state index is 11.0. The summed E-state index contributed by atoms with van der Waals surface area (Å²) >= 11 is 0. The van der Waals surface area contributed by atoms with Gasteiger partial charge in [0, 0.05) is 6.20 Å². The van der Waals surface area contributed by atoms with Crippen LogP contribution in [0, 0.1) is 0 Å². The van der Waals surface area contributed by atoms with E-state index in [0.29, 0.717) is 5.82 Å². The molecule has 0 aliphatic heterocycles. The lowest BCUT2D eigenvalue weighted by Gasteiger charge is -2.04. The highest BCUT2D eigenvalue weighted by Gasteiger charge is 2.19. The minimum atomic E-state index is -0.967. The summed E-state index contributed by atoms with van der Waals surface area (Å²) in [6, 6.07) is 5.59. The number of carboxylic acid groups (broad SMARTS) is 1. The van der Waals surface area contributed by atoms with E-state index < -0.39 is 5.97 Å². The lowest BCUT2D eigenvalue weighted by atomic mass is 10.2. The van der Waals surface area contributed by atoms with Crippen LogP contribution in [0.25, 0.3) is 11.5 Å². The number of unbranched alkanes of at least 4 members (excludes halogenated alkanes) is 1. The first-order valence-electron chi connectivity index (χ1n) is 6.26. The van der Waals surface area contributed by atoms with E-state index in [1.807, 2.05) is 22.8 Å². The van der Waals surface area contributed by atoms with Gasteiger partial charge in [-0.05, 0) is 23.5 Å². The highest BCUT2D eigenvalue weighted by molar-refractivity contribution is 5.86. The van der Waals surface area contributed by atoms with Gasteiger partial charge in [-0.15, -0.1) is 0 Å². The van der Waals surface area contributed by atoms with Crippen LogP contribution in [-0.2, 0) is 6.54 Å². The van der Waals surface area contributed by atoms with Gasteiger partial charge in [-0.3, -0.25) is 0 Å². The van der Waals surface area contributed by atoms with Gasteiger partial charge < -0.3 is 5.11 Å². The quantitative estimate of drug-likeness (QED) is 0.832. The van der Waals surface area contributed by atoms with Gasteiger partial charge in [0.15, 0.2) is 11.9 Å². The molecule has 19 heavy (non-hydrogen) atoms. The first kappa shape index (κ1) is 13.1. The van der Waals surface area contributed by atoms with E-state index in [9.17, 15) is 4.79 Å². The van der Waals surface area contributed by atoms with Crippen LogP contribution in [0.4, 0.5) is 0 Å². The molecule has 0 amide bonds. The Kier molecular flexibility index (Phi) is 4.18. The van der Waals surface area contributed by atoms with Gasteiger partial charge in [0.1, 0.15) is 11.8 Å². The first-order chi connectivity index (χ1) is 9.22. The monoisotopic (exact) mass is 258 g/mol. The van der Waals surface area contributed by atoms with Crippen LogP contribution in [0.15, 0.2) is 36.8 Å². The Morgan fingerprint density at radius 3 is 2.84 bits per heavy atom. The summed E-state index contributed by atoms with van der Waals surface area (Å²) in [5.41, 5.74) is 0.936. The predicted molar refractivity (Wildman–Crippen MR) is 69.5 cm³/mol. The van der Waals surface area contributed by atoms with Crippen LogP contribution in [0.1, 0.15) is 30.1 Å². The average Bonchev–Trinajstić information content (AvgIpc) is 2.45. The van der Waals surface area contributed by atoms with Crippen molar-refractivity contribution in [1.29, 1.82) is 0 Å². The van der Waals surface area contributed by atoms with Crippen molar-refractivity contribution in [2.45, 2.75) is 26.3 Å². The molecule has 98 valence electrons. The van der Waals surface area contributed by atoms with Crippen molar-refractivity contribution in [2.24, 2.45) is 0 Å². The fourth-order valence-corrected chi connectivity index (χ4v) is 1.78. The number of aryl methyl sites for hydroxylation is 1. The second-order valence-corrected chi connectivity index (χ2v) is 4.23. The summed E-state index contributed by atoms with van der Waals surface area (Å²) in [6.07, 6.45) is 6.69. The van der Waals surface area contributed by atoms with E-state index in [2.05, 4.69) is 16.9 Å². The molecule has 0 radical (unpaired) electrons. The predicted octanol–water partition coefficient (Wildman–Crippen LogP) is 1.93. The number of carboxylic acids is 1. The molecule has 0 bridgehead atoms. The highest BCUT2D eigenvalue weighted by Crippen LogP contribution is 2.09. The van der Waals surface area contributed by atoms with Crippen LogP contribution in [-0.4, -0.2) is 21.0 Å². The van der Waals surface area contributed by atoms with Gasteiger partial charge >= 0.3 is 11.8 Å². The minimum Gasteiger partial charge on any atom is -0.477 e. The third kappa shape index (κ3) is 3.13. The standard InChI is InChI=1S/C14H15N3O2/c1-2-3-8-17-10-11(14(18)19)9-16-13(17)12-6-4-5-7-15-12/h4-7,9-10H,2-3,8H2,1H3/p+1. The van der Waals surface area contributed by atoms with Crippen LogP contribution < -0.4 is 4.57 Å². The number of aromatic carboxylic acids is 1. The Hall–Kier alpha value is -2.30. The molecule has 1 N–H and O–H groups in total. The van der Waals surface area contributed by atoms with Gasteiger partial charge in [0.05, 0.1) is 6.54 Å². The Morgan fingerprint density at radius 1 is 1.37 bits per heavy atom. The molecule has 2 rings (SSSR count). The molecule has 0 spiro atoms. The number of aromatic nitrogens is 3. The molecule has 0 atom stereocenters. The van der Waals surface area contributed by atoms with Crippen molar-refractivity contribution >= 4 is 5.97 Å². The van der Waals surface area contributed by atoms with Gasteiger partial charge in [-0.2, -0.15) is 0 Å². The lowest BCUT2D eigenvalue weighted by molar-refractivity contribution is -0.689. The number of pyridine rings is 1. The zero-order valence-electron chi connectivity index (χ0n) is 10.8. The largest absolute Gasteiger partial charge is 0.477 e. The average molecular weight is 258 g/mol. The van der Waals surface area contributed by atoms with E-state index >= 15 is 0 Å². The molecule has 2 heterocycles. The molecular weight excluding hydrogens is 242 g/mol. The summed E-state index contributed by atoms with van der Waals surface area (Å²) in [6.45, 7) is 2.83. The van der Waals surface area contributed by atoms with Crippen molar-refractivity contribution in [2.75, 3.05) is 0 Å². The van der Waals surface area contributed by atoms with Crippen molar-refractivity contribution in [1.82, 2.24) is 9.97 Å². The molecule has 0 saturated carbocycles. The van der Waals surface area contributed by atoms with Crippen molar-refractivity contribution in [3.8, 4) is 11.5 Å². The summed E-state index contributed by atoms with van der Waals surface area (Å²) in [4.78, 5) is 19.5. The molecule has 0 fully saturated rings. The summed E-state index contributed by atoms with van der Waals surface area (Å²) in [5.74, 6) is -0.274. The van der Waals surface area contributed by atoms with Crippen LogP contribution in [0.2, 0.25) is 0 Å². The van der Waals surface area contributed by atoms with Gasteiger partial charge in [0.2, 0.25) is 0 Å². The number of hydrogen-bond donors (Lipinski definition) is 1. The molecule has 0 aromatic carbocycles. The fourth-order valence-electron chi connectivity index (χ4n) is 1.78.